The largest absolute Gasteiger partial charge is 0.353 e. The van der Waals surface area contributed by atoms with Gasteiger partial charge in [-0.1, -0.05) is 28.4 Å². The van der Waals surface area contributed by atoms with Crippen molar-refractivity contribution in [3.05, 3.63) is 34.0 Å². The van der Waals surface area contributed by atoms with E-state index in [-0.39, 0.29) is 0 Å². The maximum absolute atomic E-state index is 6.20. The molecule has 0 amide bonds. The van der Waals surface area contributed by atoms with E-state index in [1.54, 1.807) is 12.3 Å². The first-order chi connectivity index (χ1) is 10.1. The third kappa shape index (κ3) is 3.45. The van der Waals surface area contributed by atoms with Gasteiger partial charge in [-0.3, -0.25) is 4.90 Å². The van der Waals surface area contributed by atoms with Crippen LogP contribution in [0, 0.1) is 6.92 Å². The summed E-state index contributed by atoms with van der Waals surface area (Å²) >= 11 is 12.1. The maximum atomic E-state index is 6.20. The number of halogens is 2. The molecule has 0 aliphatic carbocycles. The lowest BCUT2D eigenvalue weighted by Gasteiger charge is -2.35. The Kier molecular flexibility index (Phi) is 4.28. The van der Waals surface area contributed by atoms with Crippen molar-refractivity contribution in [2.75, 3.05) is 31.1 Å². The van der Waals surface area contributed by atoms with Gasteiger partial charge >= 0.3 is 0 Å². The number of rotatable bonds is 3. The summed E-state index contributed by atoms with van der Waals surface area (Å²) < 4.78 is 5.15. The van der Waals surface area contributed by atoms with Gasteiger partial charge in [0.25, 0.3) is 0 Å². The van der Waals surface area contributed by atoms with Crippen LogP contribution in [0.3, 0.4) is 0 Å². The van der Waals surface area contributed by atoms with E-state index in [9.17, 15) is 0 Å². The number of anilines is 1. The molecule has 0 aromatic carbocycles. The van der Waals surface area contributed by atoms with E-state index in [0.717, 1.165) is 32.0 Å². The summed E-state index contributed by atoms with van der Waals surface area (Å²) in [6, 6.07) is 1.72. The Hall–Kier alpha value is -1.37. The molecule has 0 saturated carbocycles. The van der Waals surface area contributed by atoms with Gasteiger partial charge in [0.15, 0.2) is 5.82 Å². The van der Waals surface area contributed by atoms with Crippen molar-refractivity contribution in [3.63, 3.8) is 0 Å². The molecule has 1 aliphatic heterocycles. The van der Waals surface area contributed by atoms with Gasteiger partial charge in [-0.05, 0) is 13.0 Å². The van der Waals surface area contributed by atoms with Gasteiger partial charge < -0.3 is 9.42 Å². The van der Waals surface area contributed by atoms with E-state index in [0.29, 0.717) is 28.3 Å². The fourth-order valence-electron chi connectivity index (χ4n) is 2.35. The molecule has 21 heavy (non-hydrogen) atoms. The first kappa shape index (κ1) is 14.6. The fourth-order valence-corrected chi connectivity index (χ4v) is 2.85. The highest BCUT2D eigenvalue weighted by Gasteiger charge is 2.21. The van der Waals surface area contributed by atoms with Gasteiger partial charge in [0.1, 0.15) is 5.82 Å². The molecule has 0 radical (unpaired) electrons. The molecule has 2 aromatic heterocycles. The van der Waals surface area contributed by atoms with Crippen LogP contribution in [0.25, 0.3) is 0 Å². The highest BCUT2D eigenvalue weighted by atomic mass is 35.5. The van der Waals surface area contributed by atoms with Gasteiger partial charge in [-0.25, -0.2) is 4.98 Å². The van der Waals surface area contributed by atoms with E-state index < -0.39 is 0 Å². The summed E-state index contributed by atoms with van der Waals surface area (Å²) in [6.07, 6.45) is 1.62. The second-order valence-corrected chi connectivity index (χ2v) is 5.80. The zero-order chi connectivity index (χ0) is 14.8. The van der Waals surface area contributed by atoms with Crippen molar-refractivity contribution in [3.8, 4) is 0 Å². The van der Waals surface area contributed by atoms with Crippen molar-refractivity contribution in [1.82, 2.24) is 20.0 Å². The van der Waals surface area contributed by atoms with Crippen molar-refractivity contribution in [2.45, 2.75) is 13.5 Å². The van der Waals surface area contributed by atoms with E-state index in [4.69, 9.17) is 27.7 Å². The van der Waals surface area contributed by atoms with E-state index in [1.165, 1.54) is 0 Å². The van der Waals surface area contributed by atoms with Crippen LogP contribution in [0.2, 0.25) is 10.0 Å². The average molecular weight is 328 g/mol. The zero-order valence-electron chi connectivity index (χ0n) is 11.6. The third-order valence-corrected chi connectivity index (χ3v) is 3.87. The smallest absolute Gasteiger partial charge is 0.240 e. The highest BCUT2D eigenvalue weighted by molar-refractivity contribution is 6.36. The van der Waals surface area contributed by atoms with Crippen LogP contribution >= 0.6 is 23.2 Å². The standard InChI is InChI=1S/C13H15Cl2N5O/c1-9-17-12(21-18-9)8-19-2-4-20(5-3-19)13-11(15)6-10(14)7-16-13/h6-7H,2-5,8H2,1H3. The lowest BCUT2D eigenvalue weighted by Crippen LogP contribution is -2.46. The SMILES string of the molecule is Cc1noc(CN2CCN(c3ncc(Cl)cc3Cl)CC2)n1. The minimum absolute atomic E-state index is 0.550. The summed E-state index contributed by atoms with van der Waals surface area (Å²) in [5, 5.41) is 4.94. The van der Waals surface area contributed by atoms with Crippen molar-refractivity contribution >= 4 is 29.0 Å². The minimum Gasteiger partial charge on any atom is -0.353 e. The summed E-state index contributed by atoms with van der Waals surface area (Å²) in [4.78, 5) is 13.0. The molecule has 8 heteroatoms. The number of aromatic nitrogens is 3. The van der Waals surface area contributed by atoms with E-state index >= 15 is 0 Å². The monoisotopic (exact) mass is 327 g/mol. The van der Waals surface area contributed by atoms with Crippen LogP contribution in [0.15, 0.2) is 16.8 Å². The van der Waals surface area contributed by atoms with Gasteiger partial charge in [0.2, 0.25) is 5.89 Å². The molecule has 0 bridgehead atoms. The number of pyridine rings is 1. The number of hydrogen-bond donors (Lipinski definition) is 0. The Morgan fingerprint density at radius 2 is 2.00 bits per heavy atom. The maximum Gasteiger partial charge on any atom is 0.240 e. The van der Waals surface area contributed by atoms with Crippen LogP contribution in [-0.2, 0) is 6.54 Å². The number of nitrogens with zero attached hydrogens (tertiary/aromatic N) is 5. The van der Waals surface area contributed by atoms with Crippen molar-refractivity contribution in [1.29, 1.82) is 0 Å². The van der Waals surface area contributed by atoms with Crippen LogP contribution in [0.5, 0.6) is 0 Å². The first-order valence-corrected chi connectivity index (χ1v) is 7.45. The van der Waals surface area contributed by atoms with Crippen LogP contribution in [-0.4, -0.2) is 46.2 Å². The Balaban J connectivity index is 1.59. The molecule has 0 N–H and O–H groups in total. The van der Waals surface area contributed by atoms with Gasteiger partial charge in [-0.15, -0.1) is 0 Å². The van der Waals surface area contributed by atoms with Gasteiger partial charge in [-0.2, -0.15) is 4.98 Å². The second kappa shape index (κ2) is 6.17. The zero-order valence-corrected chi connectivity index (χ0v) is 13.1. The van der Waals surface area contributed by atoms with Crippen molar-refractivity contribution in [2.24, 2.45) is 0 Å². The lowest BCUT2D eigenvalue weighted by molar-refractivity contribution is 0.215. The second-order valence-electron chi connectivity index (χ2n) is 4.96. The number of aryl methyl sites for hydroxylation is 1. The molecule has 1 saturated heterocycles. The molecule has 2 aromatic rings. The molecule has 0 atom stereocenters. The third-order valence-electron chi connectivity index (χ3n) is 3.39. The van der Waals surface area contributed by atoms with Gasteiger partial charge in [0.05, 0.1) is 16.6 Å². The van der Waals surface area contributed by atoms with E-state index in [1.807, 2.05) is 6.92 Å². The predicted molar refractivity (Wildman–Crippen MR) is 80.8 cm³/mol. The Bertz CT molecular complexity index is 625. The molecule has 0 spiro atoms. The summed E-state index contributed by atoms with van der Waals surface area (Å²) in [5.74, 6) is 2.11. The molecular weight excluding hydrogens is 313 g/mol. The fraction of sp³-hybridized carbons (Fsp3) is 0.462. The quantitative estimate of drug-likeness (QED) is 0.862. The molecule has 1 fully saturated rings. The summed E-state index contributed by atoms with van der Waals surface area (Å²) in [7, 11) is 0. The molecule has 1 aliphatic rings. The Labute approximate surface area is 132 Å². The number of hydrogen-bond acceptors (Lipinski definition) is 6. The molecule has 0 unspecified atom stereocenters. The normalized spacial score (nSPS) is 16.4. The Morgan fingerprint density at radius 1 is 1.24 bits per heavy atom. The van der Waals surface area contributed by atoms with E-state index in [2.05, 4.69) is 24.9 Å². The molecule has 6 nitrogen and oxygen atoms in total. The van der Waals surface area contributed by atoms with Crippen LogP contribution < -0.4 is 4.90 Å². The Morgan fingerprint density at radius 3 is 2.62 bits per heavy atom. The average Bonchev–Trinajstić information content (AvgIpc) is 2.85. The topological polar surface area (TPSA) is 58.3 Å². The lowest BCUT2D eigenvalue weighted by atomic mass is 10.3. The highest BCUT2D eigenvalue weighted by Crippen LogP contribution is 2.26. The molecular formula is C13H15Cl2N5O. The van der Waals surface area contributed by atoms with Crippen molar-refractivity contribution < 1.29 is 4.52 Å². The summed E-state index contributed by atoms with van der Waals surface area (Å²) in [6.45, 7) is 5.97. The first-order valence-electron chi connectivity index (χ1n) is 6.69. The van der Waals surface area contributed by atoms with Gasteiger partial charge in [0, 0.05) is 32.4 Å². The molecule has 3 heterocycles. The molecule has 112 valence electrons. The number of piperazine rings is 1. The summed E-state index contributed by atoms with van der Waals surface area (Å²) in [5.41, 5.74) is 0. The minimum atomic E-state index is 0.550. The molecule has 3 rings (SSSR count). The van der Waals surface area contributed by atoms with Crippen LogP contribution in [0.4, 0.5) is 5.82 Å². The predicted octanol–water partition coefficient (Wildman–Crippen LogP) is 2.40. The van der Waals surface area contributed by atoms with Crippen LogP contribution in [0.1, 0.15) is 11.7 Å².